The third-order valence-electron chi connectivity index (χ3n) is 5.00. The van der Waals surface area contributed by atoms with Gasteiger partial charge in [0.1, 0.15) is 5.82 Å². The second-order valence-electron chi connectivity index (χ2n) is 6.80. The highest BCUT2D eigenvalue weighted by molar-refractivity contribution is 9.10. The predicted molar refractivity (Wildman–Crippen MR) is 106 cm³/mol. The Kier molecular flexibility index (Phi) is 4.58. The number of carbonyl (C=O) groups excluding carboxylic acids is 2. The van der Waals surface area contributed by atoms with Gasteiger partial charge in [-0.25, -0.2) is 4.98 Å². The molecule has 0 radical (unpaired) electrons. The van der Waals surface area contributed by atoms with E-state index in [0.29, 0.717) is 46.4 Å². The molecule has 0 spiro atoms. The summed E-state index contributed by atoms with van der Waals surface area (Å²) < 4.78 is 7.53. The molecule has 2 N–H and O–H groups in total. The molecule has 3 aromatic rings. The fourth-order valence-electron chi connectivity index (χ4n) is 3.35. The van der Waals surface area contributed by atoms with Crippen LogP contribution in [-0.4, -0.2) is 62.4 Å². The van der Waals surface area contributed by atoms with Crippen molar-refractivity contribution >= 4 is 39.2 Å². The summed E-state index contributed by atoms with van der Waals surface area (Å²) in [5.41, 5.74) is 7.00. The molecule has 4 rings (SSSR count). The maximum absolute atomic E-state index is 12.9. The van der Waals surface area contributed by atoms with Gasteiger partial charge in [-0.3, -0.25) is 9.59 Å². The van der Waals surface area contributed by atoms with E-state index in [1.807, 2.05) is 0 Å². The predicted octanol–water partition coefficient (Wildman–Crippen LogP) is 2.03. The number of amides is 2. The Morgan fingerprint density at radius 3 is 2.82 bits per heavy atom. The van der Waals surface area contributed by atoms with Gasteiger partial charge in [0.15, 0.2) is 16.1 Å². The van der Waals surface area contributed by atoms with Gasteiger partial charge < -0.3 is 20.0 Å². The first kappa shape index (κ1) is 18.5. The summed E-state index contributed by atoms with van der Waals surface area (Å²) in [6.45, 7) is 2.61. The number of nitrogen functional groups attached to an aromatic ring is 1. The average Bonchev–Trinajstić information content (AvgIpc) is 3.39. The Labute approximate surface area is 169 Å². The van der Waals surface area contributed by atoms with Crippen molar-refractivity contribution in [3.8, 4) is 11.6 Å². The number of hydrogen-bond donors (Lipinski definition) is 1. The number of rotatable bonds is 3. The topological polar surface area (TPSA) is 110 Å². The number of carbonyl (C=O) groups is 2. The van der Waals surface area contributed by atoms with E-state index in [4.69, 9.17) is 10.2 Å². The smallest absolute Gasteiger partial charge is 0.254 e. The molecule has 10 heteroatoms. The summed E-state index contributed by atoms with van der Waals surface area (Å²) in [4.78, 5) is 32.3. The van der Waals surface area contributed by atoms with E-state index >= 15 is 0 Å². The van der Waals surface area contributed by atoms with E-state index in [1.165, 1.54) is 11.4 Å². The lowest BCUT2D eigenvalue weighted by atomic mass is 10.2. The second kappa shape index (κ2) is 6.93. The molecule has 1 saturated heterocycles. The molecule has 0 saturated carbocycles. The van der Waals surface area contributed by atoms with Crippen LogP contribution in [0, 0.1) is 0 Å². The van der Waals surface area contributed by atoms with E-state index in [2.05, 4.69) is 26.0 Å². The number of likely N-dealkylation sites (tertiary alicyclic amines) is 1. The fraction of sp³-hybridized carbons (Fsp3) is 0.333. The molecule has 0 aromatic carbocycles. The van der Waals surface area contributed by atoms with Crippen LogP contribution >= 0.6 is 15.9 Å². The van der Waals surface area contributed by atoms with E-state index in [0.717, 1.165) is 6.42 Å². The lowest BCUT2D eigenvalue weighted by Gasteiger charge is -2.23. The normalized spacial score (nSPS) is 16.7. The SMILES string of the molecule is CC(=O)N(C)C1CCN(C(=O)c2cc(N)n3nc(-c4ccc(Br)o4)nc3c2)C1. The molecule has 3 aromatic heterocycles. The van der Waals surface area contributed by atoms with Crippen molar-refractivity contribution in [3.05, 3.63) is 34.5 Å². The Bertz CT molecular complexity index is 1070. The number of fused-ring (bicyclic) bond motifs is 1. The third-order valence-corrected chi connectivity index (χ3v) is 5.43. The van der Waals surface area contributed by atoms with Crippen LogP contribution in [0.1, 0.15) is 23.7 Å². The summed E-state index contributed by atoms with van der Waals surface area (Å²) in [5, 5.41) is 4.35. The monoisotopic (exact) mass is 446 g/mol. The summed E-state index contributed by atoms with van der Waals surface area (Å²) in [5.74, 6) is 1.04. The van der Waals surface area contributed by atoms with Gasteiger partial charge >= 0.3 is 0 Å². The van der Waals surface area contributed by atoms with Gasteiger partial charge in [-0.15, -0.1) is 5.10 Å². The molecule has 28 heavy (non-hydrogen) atoms. The van der Waals surface area contributed by atoms with Crippen molar-refractivity contribution < 1.29 is 14.0 Å². The molecule has 2 amide bonds. The summed E-state index contributed by atoms with van der Waals surface area (Å²) in [6.07, 6.45) is 0.752. The number of nitrogens with zero attached hydrogens (tertiary/aromatic N) is 5. The molecule has 1 aliphatic heterocycles. The largest absolute Gasteiger partial charge is 0.446 e. The Balaban J connectivity index is 1.60. The lowest BCUT2D eigenvalue weighted by molar-refractivity contribution is -0.129. The van der Waals surface area contributed by atoms with Crippen LogP contribution in [0.5, 0.6) is 0 Å². The van der Waals surface area contributed by atoms with Crippen molar-refractivity contribution in [1.82, 2.24) is 24.4 Å². The van der Waals surface area contributed by atoms with Crippen LogP contribution in [-0.2, 0) is 4.79 Å². The second-order valence-corrected chi connectivity index (χ2v) is 7.58. The minimum Gasteiger partial charge on any atom is -0.446 e. The minimum atomic E-state index is -0.140. The lowest BCUT2D eigenvalue weighted by Crippen LogP contribution is -2.38. The highest BCUT2D eigenvalue weighted by Crippen LogP contribution is 2.25. The standard InChI is InChI=1S/C18H19BrN6O3/c1-10(26)23(2)12-5-6-24(9-12)18(27)11-7-15(20)25-16(8-11)21-17(22-25)13-3-4-14(19)28-13/h3-4,7-8,12H,5-6,9,20H2,1-2H3. The van der Waals surface area contributed by atoms with Gasteiger partial charge in [-0.05, 0) is 46.6 Å². The van der Waals surface area contributed by atoms with Gasteiger partial charge in [-0.2, -0.15) is 4.52 Å². The third kappa shape index (κ3) is 3.24. The number of halogens is 1. The van der Waals surface area contributed by atoms with Crippen molar-refractivity contribution in [3.63, 3.8) is 0 Å². The number of pyridine rings is 1. The van der Waals surface area contributed by atoms with Crippen molar-refractivity contribution in [2.24, 2.45) is 0 Å². The van der Waals surface area contributed by atoms with Crippen LogP contribution in [0.2, 0.25) is 0 Å². The molecule has 1 atom stereocenters. The molecule has 1 unspecified atom stereocenters. The van der Waals surface area contributed by atoms with Gasteiger partial charge in [0.05, 0.1) is 6.04 Å². The Morgan fingerprint density at radius 1 is 1.36 bits per heavy atom. The number of nitrogens with two attached hydrogens (primary N) is 1. The number of furan rings is 1. The van der Waals surface area contributed by atoms with E-state index in [1.54, 1.807) is 41.1 Å². The van der Waals surface area contributed by atoms with Gasteiger partial charge in [0, 0.05) is 32.6 Å². The van der Waals surface area contributed by atoms with Crippen LogP contribution in [0.25, 0.3) is 17.2 Å². The molecular weight excluding hydrogens is 428 g/mol. The van der Waals surface area contributed by atoms with Gasteiger partial charge in [0.2, 0.25) is 11.7 Å². The average molecular weight is 447 g/mol. The maximum Gasteiger partial charge on any atom is 0.254 e. The zero-order valence-electron chi connectivity index (χ0n) is 15.4. The molecule has 1 aliphatic rings. The number of aromatic nitrogens is 3. The quantitative estimate of drug-likeness (QED) is 0.658. The van der Waals surface area contributed by atoms with E-state index < -0.39 is 0 Å². The van der Waals surface area contributed by atoms with Gasteiger partial charge in [-0.1, -0.05) is 0 Å². The summed E-state index contributed by atoms with van der Waals surface area (Å²) in [6, 6.07) is 6.78. The zero-order valence-corrected chi connectivity index (χ0v) is 17.0. The van der Waals surface area contributed by atoms with Crippen LogP contribution in [0.4, 0.5) is 5.82 Å². The summed E-state index contributed by atoms with van der Waals surface area (Å²) in [7, 11) is 1.76. The highest BCUT2D eigenvalue weighted by atomic mass is 79.9. The van der Waals surface area contributed by atoms with Crippen molar-refractivity contribution in [2.45, 2.75) is 19.4 Å². The first-order valence-corrected chi connectivity index (χ1v) is 9.57. The number of anilines is 1. The molecule has 4 heterocycles. The first-order valence-electron chi connectivity index (χ1n) is 8.78. The molecule has 0 bridgehead atoms. The van der Waals surface area contributed by atoms with Crippen LogP contribution < -0.4 is 5.73 Å². The number of likely N-dealkylation sites (N-methyl/N-ethyl adjacent to an activating group) is 1. The summed E-state index contributed by atoms with van der Waals surface area (Å²) >= 11 is 3.25. The molecular formula is C18H19BrN6O3. The first-order chi connectivity index (χ1) is 13.3. The molecule has 146 valence electrons. The molecule has 0 aliphatic carbocycles. The molecule has 1 fully saturated rings. The molecule has 9 nitrogen and oxygen atoms in total. The van der Waals surface area contributed by atoms with Crippen molar-refractivity contribution in [2.75, 3.05) is 25.9 Å². The zero-order chi connectivity index (χ0) is 20.0. The maximum atomic E-state index is 12.9. The van der Waals surface area contributed by atoms with E-state index in [-0.39, 0.29) is 17.9 Å². The Hall–Kier alpha value is -2.88. The minimum absolute atomic E-state index is 0.00878. The number of hydrogen-bond acceptors (Lipinski definition) is 6. The van der Waals surface area contributed by atoms with Crippen molar-refractivity contribution in [1.29, 1.82) is 0 Å². The van der Waals surface area contributed by atoms with Crippen LogP contribution in [0.3, 0.4) is 0 Å². The van der Waals surface area contributed by atoms with Crippen LogP contribution in [0.15, 0.2) is 33.4 Å². The Morgan fingerprint density at radius 2 is 2.14 bits per heavy atom. The fourth-order valence-corrected chi connectivity index (χ4v) is 3.66. The van der Waals surface area contributed by atoms with E-state index in [9.17, 15) is 9.59 Å². The highest BCUT2D eigenvalue weighted by Gasteiger charge is 2.31. The van der Waals surface area contributed by atoms with Gasteiger partial charge in [0.25, 0.3) is 5.91 Å².